The number of benzene rings is 1. The van der Waals surface area contributed by atoms with Crippen LogP contribution in [0.15, 0.2) is 41.8 Å². The van der Waals surface area contributed by atoms with E-state index in [9.17, 15) is 0 Å². The van der Waals surface area contributed by atoms with Crippen LogP contribution in [-0.4, -0.2) is 7.11 Å². The topological polar surface area (TPSA) is 21.3 Å². The summed E-state index contributed by atoms with van der Waals surface area (Å²) in [5, 5.41) is 5.61. The Morgan fingerprint density at radius 1 is 1.29 bits per heavy atom. The summed E-state index contributed by atoms with van der Waals surface area (Å²) >= 11 is 1.78. The van der Waals surface area contributed by atoms with Crippen molar-refractivity contribution < 1.29 is 4.74 Å². The zero-order valence-corrected chi connectivity index (χ0v) is 11.0. The molecule has 0 aliphatic carbocycles. The van der Waals surface area contributed by atoms with Crippen LogP contribution in [0.3, 0.4) is 0 Å². The molecule has 0 spiro atoms. The van der Waals surface area contributed by atoms with Gasteiger partial charge in [-0.3, -0.25) is 0 Å². The third-order valence-electron chi connectivity index (χ3n) is 2.76. The van der Waals surface area contributed by atoms with Gasteiger partial charge in [-0.15, -0.1) is 11.3 Å². The molecular formula is C14H17NOS. The molecule has 1 aromatic heterocycles. The van der Waals surface area contributed by atoms with E-state index in [1.54, 1.807) is 18.4 Å². The Labute approximate surface area is 106 Å². The fourth-order valence-corrected chi connectivity index (χ4v) is 2.35. The SMILES string of the molecule is COc1cccc([C@H](C)NCc2cccs2)c1. The van der Waals surface area contributed by atoms with Crippen LogP contribution in [0.4, 0.5) is 0 Å². The van der Waals surface area contributed by atoms with Crippen LogP contribution in [0.2, 0.25) is 0 Å². The van der Waals surface area contributed by atoms with E-state index in [2.05, 4.69) is 41.9 Å². The molecule has 1 N–H and O–H groups in total. The second-order valence-electron chi connectivity index (χ2n) is 3.96. The predicted molar refractivity (Wildman–Crippen MR) is 72.6 cm³/mol. The molecule has 90 valence electrons. The minimum absolute atomic E-state index is 0.326. The molecule has 1 aromatic carbocycles. The largest absolute Gasteiger partial charge is 0.497 e. The third-order valence-corrected chi connectivity index (χ3v) is 3.63. The lowest BCUT2D eigenvalue weighted by Gasteiger charge is -2.14. The van der Waals surface area contributed by atoms with Gasteiger partial charge in [-0.05, 0) is 36.1 Å². The molecule has 1 atom stereocenters. The number of rotatable bonds is 5. The second-order valence-corrected chi connectivity index (χ2v) is 4.99. The normalized spacial score (nSPS) is 12.4. The highest BCUT2D eigenvalue weighted by molar-refractivity contribution is 7.09. The van der Waals surface area contributed by atoms with Crippen LogP contribution >= 0.6 is 11.3 Å². The average molecular weight is 247 g/mol. The van der Waals surface area contributed by atoms with Gasteiger partial charge in [-0.25, -0.2) is 0 Å². The smallest absolute Gasteiger partial charge is 0.119 e. The van der Waals surface area contributed by atoms with Crippen molar-refractivity contribution in [2.45, 2.75) is 19.5 Å². The summed E-state index contributed by atoms with van der Waals surface area (Å²) in [5.74, 6) is 0.910. The number of ether oxygens (including phenoxy) is 1. The Kier molecular flexibility index (Phi) is 4.18. The summed E-state index contributed by atoms with van der Waals surface area (Å²) in [5.41, 5.74) is 1.25. The van der Waals surface area contributed by atoms with E-state index in [-0.39, 0.29) is 0 Å². The molecule has 0 aliphatic rings. The maximum absolute atomic E-state index is 5.23. The van der Waals surface area contributed by atoms with Crippen LogP contribution < -0.4 is 10.1 Å². The molecule has 2 nitrogen and oxygen atoms in total. The monoisotopic (exact) mass is 247 g/mol. The van der Waals surface area contributed by atoms with Crippen LogP contribution in [0, 0.1) is 0 Å². The van der Waals surface area contributed by atoms with E-state index < -0.39 is 0 Å². The van der Waals surface area contributed by atoms with E-state index in [0.717, 1.165) is 12.3 Å². The first-order valence-corrected chi connectivity index (χ1v) is 6.57. The van der Waals surface area contributed by atoms with Crippen molar-refractivity contribution >= 4 is 11.3 Å². The molecule has 0 saturated heterocycles. The highest BCUT2D eigenvalue weighted by Gasteiger charge is 2.05. The first kappa shape index (κ1) is 12.1. The maximum atomic E-state index is 5.23. The van der Waals surface area contributed by atoms with E-state index in [4.69, 9.17) is 4.74 Å². The van der Waals surface area contributed by atoms with E-state index >= 15 is 0 Å². The number of methoxy groups -OCH3 is 1. The lowest BCUT2D eigenvalue weighted by atomic mass is 10.1. The van der Waals surface area contributed by atoms with Gasteiger partial charge in [0, 0.05) is 17.5 Å². The lowest BCUT2D eigenvalue weighted by Crippen LogP contribution is -2.17. The summed E-state index contributed by atoms with van der Waals surface area (Å²) in [7, 11) is 1.70. The van der Waals surface area contributed by atoms with Gasteiger partial charge in [-0.1, -0.05) is 18.2 Å². The van der Waals surface area contributed by atoms with E-state index in [0.29, 0.717) is 6.04 Å². The molecule has 0 unspecified atom stereocenters. The fraction of sp³-hybridized carbons (Fsp3) is 0.286. The zero-order valence-electron chi connectivity index (χ0n) is 10.1. The van der Waals surface area contributed by atoms with Crippen molar-refractivity contribution in [3.05, 3.63) is 52.2 Å². The molecule has 17 heavy (non-hydrogen) atoms. The Morgan fingerprint density at radius 2 is 2.18 bits per heavy atom. The minimum atomic E-state index is 0.326. The van der Waals surface area contributed by atoms with Gasteiger partial charge in [0.1, 0.15) is 5.75 Å². The molecule has 2 rings (SSSR count). The Balaban J connectivity index is 1.96. The van der Waals surface area contributed by atoms with Crippen molar-refractivity contribution in [2.24, 2.45) is 0 Å². The van der Waals surface area contributed by atoms with Gasteiger partial charge in [0.2, 0.25) is 0 Å². The quantitative estimate of drug-likeness (QED) is 0.871. The number of thiophene rings is 1. The number of hydrogen-bond acceptors (Lipinski definition) is 3. The second kappa shape index (κ2) is 5.84. The fourth-order valence-electron chi connectivity index (χ4n) is 1.70. The highest BCUT2D eigenvalue weighted by atomic mass is 32.1. The summed E-state index contributed by atoms with van der Waals surface area (Å²) < 4.78 is 5.23. The van der Waals surface area contributed by atoms with E-state index in [1.165, 1.54) is 10.4 Å². The first-order valence-electron chi connectivity index (χ1n) is 5.69. The summed E-state index contributed by atoms with van der Waals surface area (Å²) in [6, 6.07) is 12.7. The van der Waals surface area contributed by atoms with Gasteiger partial charge in [0.05, 0.1) is 7.11 Å². The summed E-state index contributed by atoms with van der Waals surface area (Å²) in [6.07, 6.45) is 0. The molecule has 0 amide bonds. The average Bonchev–Trinajstić information content (AvgIpc) is 2.89. The molecule has 2 aromatic rings. The molecule has 1 heterocycles. The van der Waals surface area contributed by atoms with Crippen molar-refractivity contribution in [3.63, 3.8) is 0 Å². The van der Waals surface area contributed by atoms with Gasteiger partial charge in [0.25, 0.3) is 0 Å². The molecule has 0 saturated carbocycles. The molecule has 0 fully saturated rings. The predicted octanol–water partition coefficient (Wildman–Crippen LogP) is 3.61. The lowest BCUT2D eigenvalue weighted by molar-refractivity contribution is 0.413. The van der Waals surface area contributed by atoms with Crippen LogP contribution in [-0.2, 0) is 6.54 Å². The van der Waals surface area contributed by atoms with E-state index in [1.807, 2.05) is 12.1 Å². The van der Waals surface area contributed by atoms with Crippen LogP contribution in [0.25, 0.3) is 0 Å². The minimum Gasteiger partial charge on any atom is -0.497 e. The molecule has 0 aliphatic heterocycles. The Hall–Kier alpha value is -1.32. The molecule has 3 heteroatoms. The van der Waals surface area contributed by atoms with Gasteiger partial charge in [-0.2, -0.15) is 0 Å². The Morgan fingerprint density at radius 3 is 2.88 bits per heavy atom. The molecular weight excluding hydrogens is 230 g/mol. The Bertz CT molecular complexity index is 453. The number of nitrogens with one attached hydrogen (secondary N) is 1. The molecule has 0 bridgehead atoms. The maximum Gasteiger partial charge on any atom is 0.119 e. The van der Waals surface area contributed by atoms with Gasteiger partial charge >= 0.3 is 0 Å². The standard InChI is InChI=1S/C14H17NOS/c1-11(15-10-14-7-4-8-17-14)12-5-3-6-13(9-12)16-2/h3-9,11,15H,10H2,1-2H3/t11-/m0/s1. The van der Waals surface area contributed by atoms with Gasteiger partial charge < -0.3 is 10.1 Å². The van der Waals surface area contributed by atoms with Crippen LogP contribution in [0.5, 0.6) is 5.75 Å². The number of hydrogen-bond donors (Lipinski definition) is 1. The van der Waals surface area contributed by atoms with Gasteiger partial charge in [0.15, 0.2) is 0 Å². The van der Waals surface area contributed by atoms with Crippen molar-refractivity contribution in [1.29, 1.82) is 0 Å². The van der Waals surface area contributed by atoms with Crippen LogP contribution in [0.1, 0.15) is 23.4 Å². The van der Waals surface area contributed by atoms with Crippen molar-refractivity contribution in [2.75, 3.05) is 7.11 Å². The van der Waals surface area contributed by atoms with Crippen molar-refractivity contribution in [1.82, 2.24) is 5.32 Å². The first-order chi connectivity index (χ1) is 8.29. The zero-order chi connectivity index (χ0) is 12.1. The summed E-state index contributed by atoms with van der Waals surface area (Å²) in [4.78, 5) is 1.36. The molecule has 0 radical (unpaired) electrons. The highest BCUT2D eigenvalue weighted by Crippen LogP contribution is 2.19. The van der Waals surface area contributed by atoms with Crippen molar-refractivity contribution in [3.8, 4) is 5.75 Å². The summed E-state index contributed by atoms with van der Waals surface area (Å²) in [6.45, 7) is 3.08. The third kappa shape index (κ3) is 3.32.